The summed E-state index contributed by atoms with van der Waals surface area (Å²) in [6, 6.07) is 16.6. The quantitative estimate of drug-likeness (QED) is 0.605. The molecule has 2 aromatic rings. The van der Waals surface area contributed by atoms with E-state index < -0.39 is 16.1 Å². The molecule has 2 rings (SSSR count). The first kappa shape index (κ1) is 24.6. The lowest BCUT2D eigenvalue weighted by Crippen LogP contribution is -2.50. The highest BCUT2D eigenvalue weighted by Crippen LogP contribution is 2.24. The summed E-state index contributed by atoms with van der Waals surface area (Å²) in [6.07, 6.45) is 2.84. The van der Waals surface area contributed by atoms with Crippen LogP contribution in [-0.4, -0.2) is 38.1 Å². The molecular weight excluding hydrogens is 410 g/mol. The molecule has 0 spiro atoms. The molecule has 0 aliphatic rings. The number of nitrogens with one attached hydrogen (secondary N) is 1. The van der Waals surface area contributed by atoms with Crippen molar-refractivity contribution in [3.05, 3.63) is 59.7 Å². The lowest BCUT2D eigenvalue weighted by Gasteiger charge is -2.29. The number of unbranched alkanes of at least 4 members (excludes halogenated alkanes) is 1. The number of benzene rings is 2. The number of hydrogen-bond donors (Lipinski definition) is 1. The normalized spacial score (nSPS) is 12.4. The van der Waals surface area contributed by atoms with Gasteiger partial charge in [0.25, 0.3) is 0 Å². The van der Waals surface area contributed by atoms with Crippen LogP contribution in [0.4, 0.5) is 0 Å². The zero-order valence-electron chi connectivity index (χ0n) is 18.6. The molecule has 166 valence electrons. The van der Waals surface area contributed by atoms with Gasteiger partial charge >= 0.3 is 0 Å². The molecule has 0 bridgehead atoms. The van der Waals surface area contributed by atoms with E-state index in [0.717, 1.165) is 35.8 Å². The standard InChI is InChI=1S/C24H31N3O3S/c1-5-6-15-27(24(28)23(18(2)3)26-31(4,29)30)17-19-11-13-20(14-12-19)22-10-8-7-9-21(22)16-25/h7-14,18,23,26H,5-6,15,17H2,1-4H3. The van der Waals surface area contributed by atoms with Crippen molar-refractivity contribution in [2.75, 3.05) is 12.8 Å². The lowest BCUT2D eigenvalue weighted by atomic mass is 9.99. The van der Waals surface area contributed by atoms with Gasteiger partial charge in [-0.3, -0.25) is 4.79 Å². The molecule has 1 unspecified atom stereocenters. The number of carbonyl (C=O) groups is 1. The number of hydrogen-bond acceptors (Lipinski definition) is 4. The molecule has 0 heterocycles. The van der Waals surface area contributed by atoms with Crippen LogP contribution >= 0.6 is 0 Å². The van der Waals surface area contributed by atoms with Gasteiger partial charge in [-0.05, 0) is 35.1 Å². The van der Waals surface area contributed by atoms with E-state index in [1.54, 1.807) is 11.0 Å². The Morgan fingerprint density at radius 1 is 1.13 bits per heavy atom. The van der Waals surface area contributed by atoms with Crippen molar-refractivity contribution >= 4 is 15.9 Å². The highest BCUT2D eigenvalue weighted by molar-refractivity contribution is 7.88. The van der Waals surface area contributed by atoms with Crippen LogP contribution in [0.3, 0.4) is 0 Å². The third-order valence-corrected chi connectivity index (χ3v) is 5.73. The molecule has 0 aliphatic heterocycles. The predicted molar refractivity (Wildman–Crippen MR) is 124 cm³/mol. The monoisotopic (exact) mass is 441 g/mol. The van der Waals surface area contributed by atoms with E-state index in [9.17, 15) is 18.5 Å². The summed E-state index contributed by atoms with van der Waals surface area (Å²) in [7, 11) is -3.51. The molecule has 0 aliphatic carbocycles. The second-order valence-corrected chi connectivity index (χ2v) is 9.86. The van der Waals surface area contributed by atoms with Crippen LogP contribution in [0, 0.1) is 17.2 Å². The fourth-order valence-corrected chi connectivity index (χ4v) is 4.19. The molecule has 0 saturated carbocycles. The van der Waals surface area contributed by atoms with Crippen molar-refractivity contribution in [1.82, 2.24) is 9.62 Å². The molecule has 0 radical (unpaired) electrons. The summed E-state index contributed by atoms with van der Waals surface area (Å²) in [5.74, 6) is -0.385. The maximum absolute atomic E-state index is 13.2. The molecule has 6 nitrogen and oxygen atoms in total. The number of nitriles is 1. The fourth-order valence-electron chi connectivity index (χ4n) is 3.36. The SMILES string of the molecule is CCCCN(Cc1ccc(-c2ccccc2C#N)cc1)C(=O)C(NS(C)(=O)=O)C(C)C. The molecule has 7 heteroatoms. The minimum atomic E-state index is -3.51. The minimum absolute atomic E-state index is 0.170. The smallest absolute Gasteiger partial charge is 0.241 e. The second kappa shape index (κ2) is 11.1. The maximum atomic E-state index is 13.2. The molecule has 0 aromatic heterocycles. The Balaban J connectivity index is 2.25. The number of amides is 1. The molecule has 1 N–H and O–H groups in total. The van der Waals surface area contributed by atoms with E-state index in [2.05, 4.69) is 17.7 Å². The van der Waals surface area contributed by atoms with Gasteiger partial charge in [0.15, 0.2) is 0 Å². The molecule has 0 fully saturated rings. The van der Waals surface area contributed by atoms with Gasteiger partial charge in [0.1, 0.15) is 6.04 Å². The van der Waals surface area contributed by atoms with Crippen LogP contribution in [0.2, 0.25) is 0 Å². The van der Waals surface area contributed by atoms with E-state index in [4.69, 9.17) is 0 Å². The van der Waals surface area contributed by atoms with Gasteiger partial charge in [0.2, 0.25) is 15.9 Å². The zero-order valence-corrected chi connectivity index (χ0v) is 19.4. The van der Waals surface area contributed by atoms with Gasteiger partial charge in [-0.2, -0.15) is 5.26 Å². The van der Waals surface area contributed by atoms with Crippen molar-refractivity contribution < 1.29 is 13.2 Å². The third kappa shape index (κ3) is 7.20. The molecule has 31 heavy (non-hydrogen) atoms. The van der Waals surface area contributed by atoms with Gasteiger partial charge < -0.3 is 4.90 Å². The first-order valence-electron chi connectivity index (χ1n) is 10.5. The minimum Gasteiger partial charge on any atom is -0.337 e. The Morgan fingerprint density at radius 2 is 1.77 bits per heavy atom. The Hall–Kier alpha value is -2.69. The van der Waals surface area contributed by atoms with Crippen LogP contribution in [0.15, 0.2) is 48.5 Å². The number of sulfonamides is 1. The summed E-state index contributed by atoms with van der Waals surface area (Å²) in [5, 5.41) is 9.33. The summed E-state index contributed by atoms with van der Waals surface area (Å²) < 4.78 is 26.0. The number of rotatable bonds is 10. The van der Waals surface area contributed by atoms with E-state index in [1.807, 2.05) is 56.3 Å². The van der Waals surface area contributed by atoms with Crippen molar-refractivity contribution in [3.8, 4) is 17.2 Å². The summed E-state index contributed by atoms with van der Waals surface area (Å²) >= 11 is 0. The van der Waals surface area contributed by atoms with Crippen LogP contribution in [0.5, 0.6) is 0 Å². The van der Waals surface area contributed by atoms with E-state index in [1.165, 1.54) is 0 Å². The predicted octanol–water partition coefficient (Wildman–Crippen LogP) is 3.93. The molecular formula is C24H31N3O3S. The molecule has 1 amide bonds. The van der Waals surface area contributed by atoms with Gasteiger partial charge in [-0.15, -0.1) is 0 Å². The van der Waals surface area contributed by atoms with E-state index in [0.29, 0.717) is 18.7 Å². The van der Waals surface area contributed by atoms with Gasteiger partial charge in [-0.25, -0.2) is 13.1 Å². The van der Waals surface area contributed by atoms with Crippen LogP contribution in [0.1, 0.15) is 44.7 Å². The van der Waals surface area contributed by atoms with Crippen molar-refractivity contribution in [3.63, 3.8) is 0 Å². The first-order valence-corrected chi connectivity index (χ1v) is 12.4. The zero-order chi connectivity index (χ0) is 23.0. The molecule has 0 saturated heterocycles. The van der Waals surface area contributed by atoms with Crippen LogP contribution < -0.4 is 4.72 Å². The maximum Gasteiger partial charge on any atom is 0.241 e. The highest BCUT2D eigenvalue weighted by Gasteiger charge is 2.29. The average Bonchev–Trinajstić information content (AvgIpc) is 2.74. The highest BCUT2D eigenvalue weighted by atomic mass is 32.2. The van der Waals surface area contributed by atoms with E-state index in [-0.39, 0.29) is 11.8 Å². The van der Waals surface area contributed by atoms with E-state index >= 15 is 0 Å². The topological polar surface area (TPSA) is 90.3 Å². The van der Waals surface area contributed by atoms with Gasteiger partial charge in [-0.1, -0.05) is 69.7 Å². The Morgan fingerprint density at radius 3 is 2.32 bits per heavy atom. The van der Waals surface area contributed by atoms with Crippen LogP contribution in [-0.2, 0) is 21.4 Å². The Kier molecular flexibility index (Phi) is 8.78. The van der Waals surface area contributed by atoms with Crippen LogP contribution in [0.25, 0.3) is 11.1 Å². The second-order valence-electron chi connectivity index (χ2n) is 8.08. The molecule has 2 aromatic carbocycles. The number of carbonyl (C=O) groups excluding carboxylic acids is 1. The van der Waals surface area contributed by atoms with Crippen molar-refractivity contribution in [1.29, 1.82) is 5.26 Å². The largest absolute Gasteiger partial charge is 0.337 e. The summed E-state index contributed by atoms with van der Waals surface area (Å²) in [5.41, 5.74) is 3.37. The lowest BCUT2D eigenvalue weighted by molar-refractivity contribution is -0.134. The van der Waals surface area contributed by atoms with Crippen molar-refractivity contribution in [2.24, 2.45) is 5.92 Å². The van der Waals surface area contributed by atoms with Crippen molar-refractivity contribution in [2.45, 2.75) is 46.2 Å². The Bertz CT molecular complexity index is 1020. The summed E-state index contributed by atoms with van der Waals surface area (Å²) in [4.78, 5) is 14.9. The van der Waals surface area contributed by atoms with Gasteiger partial charge in [0, 0.05) is 13.1 Å². The molecule has 1 atom stereocenters. The fraction of sp³-hybridized carbons (Fsp3) is 0.417. The first-order chi connectivity index (χ1) is 14.7. The Labute approximate surface area is 185 Å². The third-order valence-electron chi connectivity index (χ3n) is 5.05. The van der Waals surface area contributed by atoms with Gasteiger partial charge in [0.05, 0.1) is 17.9 Å². The number of nitrogens with zero attached hydrogens (tertiary/aromatic N) is 2. The average molecular weight is 442 g/mol. The summed E-state index contributed by atoms with van der Waals surface area (Å²) in [6.45, 7) is 6.68.